The molecule has 2 atom stereocenters. The topological polar surface area (TPSA) is 98.1 Å². The normalized spacial score (nSPS) is 15.4. The standard InChI is InChI=1S/C34H37N5O3S/c1-24(2)31-35-20-29(43-31)22-38(3)33(42)37-30(32(40)41)19-28-21-39(23-36-28)34(25-13-7-4-8-14-25,26-15-9-5-10-16-26)27-17-11-6-12-18-27/h4-18,20,23-24,28,30H,19,21-22H2,1-3H3,(H,37,42)(H,40,41)/t28?,30-/m0/s1. The van der Waals surface area contributed by atoms with Crippen molar-refractivity contribution in [3.63, 3.8) is 0 Å². The van der Waals surface area contributed by atoms with Gasteiger partial charge < -0.3 is 20.2 Å². The molecule has 0 bridgehead atoms. The maximum Gasteiger partial charge on any atom is 0.326 e. The van der Waals surface area contributed by atoms with Crippen molar-refractivity contribution in [2.45, 2.75) is 50.4 Å². The number of carbonyl (C=O) groups is 2. The van der Waals surface area contributed by atoms with Crippen LogP contribution in [0.5, 0.6) is 0 Å². The number of aliphatic imine (C=N–C) groups is 1. The summed E-state index contributed by atoms with van der Waals surface area (Å²) in [6.45, 7) is 4.98. The first-order chi connectivity index (χ1) is 20.8. The number of thiazole rings is 1. The van der Waals surface area contributed by atoms with Gasteiger partial charge in [-0.3, -0.25) is 4.99 Å². The molecule has 0 saturated heterocycles. The van der Waals surface area contributed by atoms with Crippen LogP contribution in [0.25, 0.3) is 0 Å². The lowest BCUT2D eigenvalue weighted by atomic mass is 9.75. The fourth-order valence-electron chi connectivity index (χ4n) is 5.61. The second-order valence-electron chi connectivity index (χ2n) is 11.1. The van der Waals surface area contributed by atoms with Gasteiger partial charge >= 0.3 is 12.0 Å². The molecule has 0 spiro atoms. The maximum atomic E-state index is 13.0. The zero-order valence-corrected chi connectivity index (χ0v) is 25.4. The van der Waals surface area contributed by atoms with Gasteiger partial charge in [0, 0.05) is 37.0 Å². The molecule has 0 fully saturated rings. The summed E-state index contributed by atoms with van der Waals surface area (Å²) >= 11 is 1.56. The highest BCUT2D eigenvalue weighted by molar-refractivity contribution is 7.11. The predicted octanol–water partition coefficient (Wildman–Crippen LogP) is 5.96. The first kappa shape index (κ1) is 30.0. The van der Waals surface area contributed by atoms with Gasteiger partial charge in [0.15, 0.2) is 0 Å². The van der Waals surface area contributed by atoms with Crippen molar-refractivity contribution in [2.24, 2.45) is 4.99 Å². The van der Waals surface area contributed by atoms with Crippen molar-refractivity contribution in [1.29, 1.82) is 0 Å². The second-order valence-corrected chi connectivity index (χ2v) is 12.3. The lowest BCUT2D eigenvalue weighted by molar-refractivity contribution is -0.139. The first-order valence-corrected chi connectivity index (χ1v) is 15.3. The minimum atomic E-state index is -1.09. The van der Waals surface area contributed by atoms with Crippen LogP contribution in [-0.4, -0.2) is 63.9 Å². The van der Waals surface area contributed by atoms with Crippen LogP contribution < -0.4 is 5.32 Å². The molecule has 1 unspecified atom stereocenters. The number of aliphatic carboxylic acids is 1. The Hall–Kier alpha value is -4.50. The van der Waals surface area contributed by atoms with E-state index in [4.69, 9.17) is 4.99 Å². The van der Waals surface area contributed by atoms with Crippen LogP contribution in [0.4, 0.5) is 4.79 Å². The minimum Gasteiger partial charge on any atom is -0.480 e. The largest absolute Gasteiger partial charge is 0.480 e. The van der Waals surface area contributed by atoms with Crippen molar-refractivity contribution in [1.82, 2.24) is 20.1 Å². The average molecular weight is 596 g/mol. The molecule has 43 heavy (non-hydrogen) atoms. The van der Waals surface area contributed by atoms with E-state index in [9.17, 15) is 14.7 Å². The number of hydrogen-bond donors (Lipinski definition) is 2. The molecule has 2 amide bonds. The highest BCUT2D eigenvalue weighted by atomic mass is 32.1. The van der Waals surface area contributed by atoms with Crippen LogP contribution in [0.3, 0.4) is 0 Å². The molecule has 2 N–H and O–H groups in total. The summed E-state index contributed by atoms with van der Waals surface area (Å²) in [4.78, 5) is 39.2. The molecule has 222 valence electrons. The number of benzene rings is 3. The van der Waals surface area contributed by atoms with Gasteiger partial charge in [-0.05, 0) is 16.7 Å². The zero-order chi connectivity index (χ0) is 30.4. The van der Waals surface area contributed by atoms with Crippen molar-refractivity contribution < 1.29 is 14.7 Å². The van der Waals surface area contributed by atoms with Crippen molar-refractivity contribution in [3.05, 3.63) is 124 Å². The number of carboxylic acid groups (broad SMARTS) is 1. The zero-order valence-electron chi connectivity index (χ0n) is 24.6. The van der Waals surface area contributed by atoms with Gasteiger partial charge in [-0.15, -0.1) is 11.3 Å². The number of aromatic nitrogens is 1. The van der Waals surface area contributed by atoms with Gasteiger partial charge in [0.25, 0.3) is 0 Å². The van der Waals surface area contributed by atoms with Gasteiger partial charge in [-0.2, -0.15) is 0 Å². The second kappa shape index (κ2) is 13.2. The third-order valence-electron chi connectivity index (χ3n) is 7.74. The van der Waals surface area contributed by atoms with E-state index in [1.165, 1.54) is 4.90 Å². The van der Waals surface area contributed by atoms with Crippen LogP contribution in [0.1, 0.15) is 52.8 Å². The number of amides is 2. The quantitative estimate of drug-likeness (QED) is 0.209. The molecule has 4 aromatic rings. The highest BCUT2D eigenvalue weighted by Crippen LogP contribution is 2.43. The summed E-state index contributed by atoms with van der Waals surface area (Å²) in [6, 6.07) is 29.0. The first-order valence-electron chi connectivity index (χ1n) is 14.4. The summed E-state index contributed by atoms with van der Waals surface area (Å²) in [5.41, 5.74) is 2.54. The van der Waals surface area contributed by atoms with Crippen LogP contribution in [0, 0.1) is 0 Å². The minimum absolute atomic E-state index is 0.161. The van der Waals surface area contributed by atoms with E-state index >= 15 is 0 Å². The Bertz CT molecular complexity index is 1450. The monoisotopic (exact) mass is 595 g/mol. The van der Waals surface area contributed by atoms with Gasteiger partial charge in [-0.25, -0.2) is 14.6 Å². The lowest BCUT2D eigenvalue weighted by Crippen LogP contribution is -2.49. The summed E-state index contributed by atoms with van der Waals surface area (Å²) in [5.74, 6) is -0.777. The third-order valence-corrected chi connectivity index (χ3v) is 9.02. The van der Waals surface area contributed by atoms with Crippen LogP contribution in [0.2, 0.25) is 0 Å². The molecule has 8 nitrogen and oxygen atoms in total. The molecule has 1 aliphatic rings. The SMILES string of the molecule is CC(C)c1ncc(CN(C)C(=O)N[C@@H](CC2CN(C(c3ccccc3)(c3ccccc3)c3ccccc3)C=N2)C(=O)O)s1. The fourth-order valence-corrected chi connectivity index (χ4v) is 6.58. The maximum absolute atomic E-state index is 13.0. The lowest BCUT2D eigenvalue weighted by Gasteiger charge is -2.43. The molecular weight excluding hydrogens is 558 g/mol. The van der Waals surface area contributed by atoms with Crippen molar-refractivity contribution in [2.75, 3.05) is 13.6 Å². The Kier molecular flexibility index (Phi) is 9.21. The molecule has 9 heteroatoms. The van der Waals surface area contributed by atoms with E-state index in [2.05, 4.69) is 65.4 Å². The fraction of sp³-hybridized carbons (Fsp3) is 0.294. The van der Waals surface area contributed by atoms with Gasteiger partial charge in [0.2, 0.25) is 0 Å². The Morgan fingerprint density at radius 1 is 0.977 bits per heavy atom. The van der Waals surface area contributed by atoms with E-state index in [1.54, 1.807) is 24.6 Å². The predicted molar refractivity (Wildman–Crippen MR) is 170 cm³/mol. The van der Waals surface area contributed by atoms with E-state index in [1.807, 2.05) is 60.9 Å². The summed E-state index contributed by atoms with van der Waals surface area (Å²) in [6.07, 6.45) is 3.77. The smallest absolute Gasteiger partial charge is 0.326 e. The molecule has 5 rings (SSSR count). The molecule has 1 aromatic heterocycles. The summed E-state index contributed by atoms with van der Waals surface area (Å²) in [7, 11) is 1.66. The molecule has 1 aliphatic heterocycles. The number of hydrogen-bond acceptors (Lipinski definition) is 6. The average Bonchev–Trinajstić information content (AvgIpc) is 3.69. The van der Waals surface area contributed by atoms with Crippen molar-refractivity contribution >= 4 is 29.7 Å². The van der Waals surface area contributed by atoms with Crippen LogP contribution in [0.15, 0.2) is 102 Å². The molecule has 2 heterocycles. The molecule has 0 radical (unpaired) electrons. The van der Waals surface area contributed by atoms with Gasteiger partial charge in [0.05, 0.1) is 23.9 Å². The number of urea groups is 1. The van der Waals surface area contributed by atoms with E-state index in [-0.39, 0.29) is 12.5 Å². The molecule has 0 saturated carbocycles. The van der Waals surface area contributed by atoms with E-state index in [0.717, 1.165) is 26.6 Å². The number of nitrogens with zero attached hydrogens (tertiary/aromatic N) is 4. The Labute approximate surface area is 256 Å². The highest BCUT2D eigenvalue weighted by Gasteiger charge is 2.44. The number of carboxylic acids is 1. The third kappa shape index (κ3) is 6.46. The Balaban J connectivity index is 1.36. The van der Waals surface area contributed by atoms with E-state index in [0.29, 0.717) is 19.0 Å². The van der Waals surface area contributed by atoms with Gasteiger partial charge in [0.1, 0.15) is 11.6 Å². The van der Waals surface area contributed by atoms with E-state index < -0.39 is 23.6 Å². The van der Waals surface area contributed by atoms with Crippen LogP contribution in [-0.2, 0) is 16.9 Å². The number of carbonyl (C=O) groups excluding carboxylic acids is 1. The molecule has 0 aliphatic carbocycles. The summed E-state index contributed by atoms with van der Waals surface area (Å²) < 4.78 is 0. The molecular formula is C34H37N5O3S. The van der Waals surface area contributed by atoms with Crippen LogP contribution >= 0.6 is 11.3 Å². The number of rotatable bonds is 11. The summed E-state index contributed by atoms with van der Waals surface area (Å²) in [5, 5.41) is 13.8. The van der Waals surface area contributed by atoms with Gasteiger partial charge in [-0.1, -0.05) is 105 Å². The van der Waals surface area contributed by atoms with Crippen molar-refractivity contribution in [3.8, 4) is 0 Å². The Morgan fingerprint density at radius 3 is 1.98 bits per heavy atom. The number of nitrogens with one attached hydrogen (secondary N) is 1. The molecule has 3 aromatic carbocycles. The Morgan fingerprint density at radius 2 is 1.51 bits per heavy atom.